The number of carbonyl (C=O) groups excluding carboxylic acids is 1. The SMILES string of the molecule is Cc1cccc2c(=O)n(CC(=O)NC(C)(C)CO)cnc12. The van der Waals surface area contributed by atoms with E-state index in [2.05, 4.69) is 10.3 Å². The van der Waals surface area contributed by atoms with Crippen molar-refractivity contribution in [3.05, 3.63) is 40.4 Å². The summed E-state index contributed by atoms with van der Waals surface area (Å²) in [6, 6.07) is 5.37. The molecular formula is C15H19N3O3. The number of rotatable bonds is 4. The van der Waals surface area contributed by atoms with Gasteiger partial charge in [0, 0.05) is 0 Å². The smallest absolute Gasteiger partial charge is 0.261 e. The lowest BCUT2D eigenvalue weighted by Crippen LogP contribution is -2.48. The Balaban J connectivity index is 2.30. The van der Waals surface area contributed by atoms with E-state index in [4.69, 9.17) is 5.11 Å². The number of nitrogens with zero attached hydrogens (tertiary/aromatic N) is 2. The second-order valence-electron chi connectivity index (χ2n) is 5.74. The zero-order valence-corrected chi connectivity index (χ0v) is 12.4. The fraction of sp³-hybridized carbons (Fsp3) is 0.400. The summed E-state index contributed by atoms with van der Waals surface area (Å²) in [5, 5.41) is 12.3. The van der Waals surface area contributed by atoms with Crippen LogP contribution >= 0.6 is 0 Å². The third kappa shape index (κ3) is 3.28. The van der Waals surface area contributed by atoms with Crippen molar-refractivity contribution in [3.63, 3.8) is 0 Å². The van der Waals surface area contributed by atoms with Crippen LogP contribution in [0.5, 0.6) is 0 Å². The van der Waals surface area contributed by atoms with Gasteiger partial charge in [0.25, 0.3) is 5.56 Å². The molecule has 1 aromatic carbocycles. The normalized spacial score (nSPS) is 11.6. The fourth-order valence-corrected chi connectivity index (χ4v) is 2.06. The van der Waals surface area contributed by atoms with E-state index in [1.165, 1.54) is 10.9 Å². The van der Waals surface area contributed by atoms with Gasteiger partial charge in [0.05, 0.1) is 29.4 Å². The van der Waals surface area contributed by atoms with Crippen LogP contribution in [0, 0.1) is 6.92 Å². The first kappa shape index (κ1) is 15.2. The highest BCUT2D eigenvalue weighted by molar-refractivity contribution is 5.81. The summed E-state index contributed by atoms with van der Waals surface area (Å²) in [5.41, 5.74) is 0.597. The number of hydrogen-bond donors (Lipinski definition) is 2. The van der Waals surface area contributed by atoms with E-state index in [0.29, 0.717) is 10.9 Å². The molecular weight excluding hydrogens is 270 g/mol. The van der Waals surface area contributed by atoms with E-state index in [9.17, 15) is 9.59 Å². The number of nitrogens with one attached hydrogen (secondary N) is 1. The predicted octanol–water partition coefficient (Wildman–Crippen LogP) is 0.592. The van der Waals surface area contributed by atoms with Crippen LogP contribution in [-0.4, -0.2) is 32.7 Å². The molecule has 0 saturated carbocycles. The summed E-state index contributed by atoms with van der Waals surface area (Å²) in [6.45, 7) is 4.99. The lowest BCUT2D eigenvalue weighted by Gasteiger charge is -2.23. The number of para-hydroxylation sites is 1. The van der Waals surface area contributed by atoms with Crippen molar-refractivity contribution in [2.75, 3.05) is 6.61 Å². The molecule has 0 aliphatic carbocycles. The lowest BCUT2D eigenvalue weighted by atomic mass is 10.1. The number of fused-ring (bicyclic) bond motifs is 1. The Morgan fingerprint density at radius 2 is 2.14 bits per heavy atom. The molecule has 0 aliphatic heterocycles. The van der Waals surface area contributed by atoms with E-state index in [-0.39, 0.29) is 24.6 Å². The number of benzene rings is 1. The zero-order valence-electron chi connectivity index (χ0n) is 12.4. The van der Waals surface area contributed by atoms with Crippen LogP contribution in [-0.2, 0) is 11.3 Å². The summed E-state index contributed by atoms with van der Waals surface area (Å²) < 4.78 is 1.27. The van der Waals surface area contributed by atoms with Crippen molar-refractivity contribution in [2.45, 2.75) is 32.9 Å². The van der Waals surface area contributed by atoms with Gasteiger partial charge >= 0.3 is 0 Å². The highest BCUT2D eigenvalue weighted by atomic mass is 16.3. The molecule has 0 fully saturated rings. The number of hydrogen-bond acceptors (Lipinski definition) is 4. The standard InChI is InChI=1S/C15H19N3O3/c1-10-5-4-6-11-13(10)16-9-18(14(11)21)7-12(20)17-15(2,3)8-19/h4-6,9,19H,7-8H2,1-3H3,(H,17,20). The summed E-state index contributed by atoms with van der Waals surface area (Å²) in [7, 11) is 0. The number of aliphatic hydroxyl groups is 1. The predicted molar refractivity (Wildman–Crippen MR) is 80.0 cm³/mol. The van der Waals surface area contributed by atoms with E-state index in [1.807, 2.05) is 13.0 Å². The Hall–Kier alpha value is -2.21. The molecule has 1 aromatic heterocycles. The van der Waals surface area contributed by atoms with Crippen LogP contribution in [0.15, 0.2) is 29.3 Å². The Kier molecular flexibility index (Phi) is 4.09. The molecule has 2 rings (SSSR count). The second kappa shape index (κ2) is 5.65. The van der Waals surface area contributed by atoms with Crippen molar-refractivity contribution in [1.82, 2.24) is 14.9 Å². The number of aliphatic hydroxyl groups excluding tert-OH is 1. The molecule has 2 N–H and O–H groups in total. The van der Waals surface area contributed by atoms with Crippen LogP contribution in [0.4, 0.5) is 0 Å². The van der Waals surface area contributed by atoms with Crippen molar-refractivity contribution < 1.29 is 9.90 Å². The first-order valence-electron chi connectivity index (χ1n) is 6.71. The molecule has 6 nitrogen and oxygen atoms in total. The lowest BCUT2D eigenvalue weighted by molar-refractivity contribution is -0.123. The monoisotopic (exact) mass is 289 g/mol. The minimum atomic E-state index is -0.721. The molecule has 0 unspecified atom stereocenters. The van der Waals surface area contributed by atoms with Gasteiger partial charge in [0.2, 0.25) is 5.91 Å². The molecule has 1 heterocycles. The summed E-state index contributed by atoms with van der Waals surface area (Å²) in [6.07, 6.45) is 1.38. The third-order valence-electron chi connectivity index (χ3n) is 3.24. The van der Waals surface area contributed by atoms with E-state index in [0.717, 1.165) is 5.56 Å². The molecule has 0 radical (unpaired) electrons. The summed E-state index contributed by atoms with van der Waals surface area (Å²) in [4.78, 5) is 28.5. The van der Waals surface area contributed by atoms with E-state index < -0.39 is 5.54 Å². The van der Waals surface area contributed by atoms with Gasteiger partial charge in [-0.3, -0.25) is 14.2 Å². The molecule has 0 atom stereocenters. The molecule has 2 aromatic rings. The summed E-state index contributed by atoms with van der Waals surface area (Å²) >= 11 is 0. The first-order valence-corrected chi connectivity index (χ1v) is 6.71. The van der Waals surface area contributed by atoms with E-state index in [1.54, 1.807) is 26.0 Å². The van der Waals surface area contributed by atoms with Gasteiger partial charge in [0.1, 0.15) is 6.54 Å². The number of aromatic nitrogens is 2. The summed E-state index contributed by atoms with van der Waals surface area (Å²) in [5.74, 6) is -0.343. The van der Waals surface area contributed by atoms with Crippen molar-refractivity contribution in [3.8, 4) is 0 Å². The number of aryl methyl sites for hydroxylation is 1. The van der Waals surface area contributed by atoms with Crippen molar-refractivity contribution >= 4 is 16.8 Å². The van der Waals surface area contributed by atoms with Gasteiger partial charge in [0.15, 0.2) is 0 Å². The van der Waals surface area contributed by atoms with Crippen LogP contribution in [0.1, 0.15) is 19.4 Å². The van der Waals surface area contributed by atoms with Gasteiger partial charge in [-0.25, -0.2) is 4.98 Å². The number of amides is 1. The fourth-order valence-electron chi connectivity index (χ4n) is 2.06. The first-order chi connectivity index (χ1) is 9.84. The molecule has 0 spiro atoms. The quantitative estimate of drug-likeness (QED) is 0.863. The van der Waals surface area contributed by atoms with Gasteiger partial charge < -0.3 is 10.4 Å². The van der Waals surface area contributed by atoms with Crippen LogP contribution < -0.4 is 10.9 Å². The molecule has 0 aliphatic rings. The topological polar surface area (TPSA) is 84.2 Å². The Morgan fingerprint density at radius 3 is 2.81 bits per heavy atom. The average Bonchev–Trinajstić information content (AvgIpc) is 2.42. The Morgan fingerprint density at radius 1 is 1.43 bits per heavy atom. The molecule has 1 amide bonds. The van der Waals surface area contributed by atoms with Gasteiger partial charge in [-0.05, 0) is 32.4 Å². The maximum atomic E-state index is 12.3. The maximum Gasteiger partial charge on any atom is 0.261 e. The highest BCUT2D eigenvalue weighted by Gasteiger charge is 2.19. The van der Waals surface area contributed by atoms with Crippen LogP contribution in [0.2, 0.25) is 0 Å². The molecule has 0 saturated heterocycles. The Labute approximate surface area is 122 Å². The van der Waals surface area contributed by atoms with Crippen molar-refractivity contribution in [1.29, 1.82) is 0 Å². The Bertz CT molecular complexity index is 735. The number of carbonyl (C=O) groups is 1. The molecule has 6 heteroatoms. The molecule has 0 bridgehead atoms. The van der Waals surface area contributed by atoms with Gasteiger partial charge in [-0.2, -0.15) is 0 Å². The van der Waals surface area contributed by atoms with E-state index >= 15 is 0 Å². The maximum absolute atomic E-state index is 12.3. The van der Waals surface area contributed by atoms with Crippen LogP contribution in [0.3, 0.4) is 0 Å². The average molecular weight is 289 g/mol. The van der Waals surface area contributed by atoms with Gasteiger partial charge in [-0.1, -0.05) is 12.1 Å². The van der Waals surface area contributed by atoms with Gasteiger partial charge in [-0.15, -0.1) is 0 Å². The largest absolute Gasteiger partial charge is 0.394 e. The van der Waals surface area contributed by atoms with Crippen molar-refractivity contribution in [2.24, 2.45) is 0 Å². The second-order valence-corrected chi connectivity index (χ2v) is 5.74. The zero-order chi connectivity index (χ0) is 15.6. The third-order valence-corrected chi connectivity index (χ3v) is 3.24. The highest BCUT2D eigenvalue weighted by Crippen LogP contribution is 2.11. The molecule has 112 valence electrons. The minimum absolute atomic E-state index is 0.126. The van der Waals surface area contributed by atoms with Crippen LogP contribution in [0.25, 0.3) is 10.9 Å². The minimum Gasteiger partial charge on any atom is -0.394 e. The molecule has 21 heavy (non-hydrogen) atoms.